The number of halogens is 1. The quantitative estimate of drug-likeness (QED) is 0.584. The second-order valence-electron chi connectivity index (χ2n) is 4.43. The molecule has 0 amide bonds. The molecule has 0 bridgehead atoms. The van der Waals surface area contributed by atoms with Crippen LogP contribution in [0.1, 0.15) is 25.8 Å². The van der Waals surface area contributed by atoms with Crippen molar-refractivity contribution in [2.45, 2.75) is 32.8 Å². The van der Waals surface area contributed by atoms with Crippen LogP contribution in [0.25, 0.3) is 0 Å². The van der Waals surface area contributed by atoms with E-state index in [0.717, 1.165) is 17.9 Å². The van der Waals surface area contributed by atoms with E-state index in [1.54, 1.807) is 0 Å². The van der Waals surface area contributed by atoms with E-state index in [0.29, 0.717) is 5.92 Å². The van der Waals surface area contributed by atoms with Crippen molar-refractivity contribution in [1.82, 2.24) is 0 Å². The highest BCUT2D eigenvalue weighted by Crippen LogP contribution is 2.32. The van der Waals surface area contributed by atoms with Gasteiger partial charge in [0.05, 0.1) is 0 Å². The molecule has 0 fully saturated rings. The summed E-state index contributed by atoms with van der Waals surface area (Å²) >= 11 is 15.1. The van der Waals surface area contributed by atoms with Gasteiger partial charge in [0.25, 0.3) is 0 Å². The van der Waals surface area contributed by atoms with Gasteiger partial charge in [-0.15, -0.1) is 0 Å². The van der Waals surface area contributed by atoms with Gasteiger partial charge in [0, 0.05) is 11.4 Å². The third-order valence-corrected chi connectivity index (χ3v) is 3.62. The molecule has 94 valence electrons. The normalized spacial score (nSPS) is 13.8. The lowest BCUT2D eigenvalue weighted by atomic mass is 10.00. The molecule has 1 nitrogen and oxygen atoms in total. The van der Waals surface area contributed by atoms with Crippen LogP contribution in [0.2, 0.25) is 5.02 Å². The van der Waals surface area contributed by atoms with E-state index in [-0.39, 0.29) is 6.10 Å². The molecule has 0 aliphatic rings. The first kappa shape index (κ1) is 15.4. The lowest BCUT2D eigenvalue weighted by Gasteiger charge is -2.13. The highest BCUT2D eigenvalue weighted by atomic mass is 35.5. The van der Waals surface area contributed by atoms with Crippen LogP contribution in [0.15, 0.2) is 24.3 Å². The molecule has 0 aliphatic heterocycles. The van der Waals surface area contributed by atoms with Gasteiger partial charge < -0.3 is 0 Å². The van der Waals surface area contributed by atoms with Crippen molar-refractivity contribution in [1.29, 1.82) is 0 Å². The van der Waals surface area contributed by atoms with Crippen molar-refractivity contribution in [3.63, 3.8) is 0 Å². The maximum Gasteiger partial charge on any atom is 0.411 e. The predicted molar refractivity (Wildman–Crippen MR) is 82.8 cm³/mol. The van der Waals surface area contributed by atoms with Crippen LogP contribution in [0, 0.1) is 5.92 Å². The Bertz CT molecular complexity index is 367. The second kappa shape index (κ2) is 7.70. The average molecular weight is 308 g/mol. The summed E-state index contributed by atoms with van der Waals surface area (Å²) in [5.41, 5.74) is 1.22. The van der Waals surface area contributed by atoms with Crippen molar-refractivity contribution < 1.29 is 4.52 Å². The van der Waals surface area contributed by atoms with Crippen molar-refractivity contribution >= 4 is 41.8 Å². The van der Waals surface area contributed by atoms with Crippen molar-refractivity contribution in [2.75, 3.05) is 0 Å². The van der Waals surface area contributed by atoms with E-state index >= 15 is 0 Å². The van der Waals surface area contributed by atoms with E-state index in [4.69, 9.17) is 27.9 Å². The summed E-state index contributed by atoms with van der Waals surface area (Å²) in [6.07, 6.45) is 0.994. The number of rotatable bonds is 6. The standard InChI is InChI=1S/C12H16ClOPS2/c1-9(2)7-12(14-15(16)17)8-10-3-5-11(13)6-4-10/h3-6,9,12H,7-8H2,1-2H3/p+1. The SMILES string of the molecule is CC(C)CC(Cc1ccc(Cl)cc1)O[P+](=S)S. The molecule has 5 heteroatoms. The molecule has 1 rings (SSSR count). The van der Waals surface area contributed by atoms with Gasteiger partial charge in [-0.2, -0.15) is 4.52 Å². The van der Waals surface area contributed by atoms with Crippen LogP contribution in [0.5, 0.6) is 0 Å². The molecule has 0 N–H and O–H groups in total. The van der Waals surface area contributed by atoms with Gasteiger partial charge in [0.2, 0.25) is 11.8 Å². The molecule has 0 saturated carbocycles. The molecule has 1 aromatic rings. The predicted octanol–water partition coefficient (Wildman–Crippen LogP) is 5.02. The highest BCUT2D eigenvalue weighted by Gasteiger charge is 2.20. The summed E-state index contributed by atoms with van der Waals surface area (Å²) in [6.45, 7) is 4.37. The Kier molecular flexibility index (Phi) is 6.98. The Morgan fingerprint density at radius 3 is 2.41 bits per heavy atom. The van der Waals surface area contributed by atoms with Gasteiger partial charge >= 0.3 is 6.13 Å². The highest BCUT2D eigenvalue weighted by molar-refractivity contribution is 8.54. The summed E-state index contributed by atoms with van der Waals surface area (Å²) in [7, 11) is 0. The fourth-order valence-electron chi connectivity index (χ4n) is 1.70. The molecule has 0 aliphatic carbocycles. The summed E-state index contributed by atoms with van der Waals surface area (Å²) < 4.78 is 5.71. The van der Waals surface area contributed by atoms with Gasteiger partial charge in [-0.1, -0.05) is 37.6 Å². The average Bonchev–Trinajstić information content (AvgIpc) is 2.19. The van der Waals surface area contributed by atoms with E-state index in [2.05, 4.69) is 26.1 Å². The Morgan fingerprint density at radius 1 is 1.35 bits per heavy atom. The monoisotopic (exact) mass is 307 g/mol. The zero-order valence-corrected chi connectivity index (χ0v) is 13.3. The number of benzene rings is 1. The second-order valence-corrected chi connectivity index (χ2v) is 8.45. The van der Waals surface area contributed by atoms with E-state index in [1.165, 1.54) is 5.56 Å². The molecular weight excluding hydrogens is 291 g/mol. The largest absolute Gasteiger partial charge is 0.411 e. The van der Waals surface area contributed by atoms with Crippen LogP contribution in [-0.4, -0.2) is 6.10 Å². The first-order valence-electron chi connectivity index (χ1n) is 5.54. The molecule has 2 unspecified atom stereocenters. The van der Waals surface area contributed by atoms with Crippen LogP contribution < -0.4 is 0 Å². The van der Waals surface area contributed by atoms with Crippen molar-refractivity contribution in [2.24, 2.45) is 5.92 Å². The summed E-state index contributed by atoms with van der Waals surface area (Å²) in [5.74, 6) is 0.589. The smallest absolute Gasteiger partial charge is 0.155 e. The van der Waals surface area contributed by atoms with Crippen LogP contribution in [-0.2, 0) is 22.8 Å². The molecule has 0 heterocycles. The Morgan fingerprint density at radius 2 is 1.94 bits per heavy atom. The number of hydrogen-bond acceptors (Lipinski definition) is 2. The minimum atomic E-state index is -1.02. The number of thiol groups is 1. The fourth-order valence-corrected chi connectivity index (χ4v) is 3.01. The molecule has 0 aromatic heterocycles. The van der Waals surface area contributed by atoms with Gasteiger partial charge in [-0.3, -0.25) is 0 Å². The molecule has 2 atom stereocenters. The van der Waals surface area contributed by atoms with E-state index in [9.17, 15) is 0 Å². The Hall–Kier alpha value is 0.340. The molecular formula is C12H17ClOPS2+. The fraction of sp³-hybridized carbons (Fsp3) is 0.500. The molecule has 0 saturated heterocycles. The van der Waals surface area contributed by atoms with Gasteiger partial charge in [0.1, 0.15) is 18.4 Å². The Labute approximate surface area is 120 Å². The third-order valence-electron chi connectivity index (χ3n) is 2.35. The minimum Gasteiger partial charge on any atom is -0.155 e. The van der Waals surface area contributed by atoms with E-state index in [1.807, 2.05) is 24.3 Å². The van der Waals surface area contributed by atoms with Gasteiger partial charge in [-0.25, -0.2) is 0 Å². The van der Waals surface area contributed by atoms with Crippen LogP contribution >= 0.6 is 30.0 Å². The zero-order valence-electron chi connectivity index (χ0n) is 9.97. The maximum atomic E-state index is 5.86. The third kappa shape index (κ3) is 6.73. The zero-order chi connectivity index (χ0) is 12.8. The summed E-state index contributed by atoms with van der Waals surface area (Å²) in [4.78, 5) is 0. The number of hydrogen-bond donors (Lipinski definition) is 1. The van der Waals surface area contributed by atoms with Crippen LogP contribution in [0.4, 0.5) is 0 Å². The molecule has 17 heavy (non-hydrogen) atoms. The van der Waals surface area contributed by atoms with Gasteiger partial charge in [0.15, 0.2) is 0 Å². The molecule has 0 radical (unpaired) electrons. The Balaban J connectivity index is 2.64. The summed E-state index contributed by atoms with van der Waals surface area (Å²) in [5, 5.41) is 0.759. The lowest BCUT2D eigenvalue weighted by Crippen LogP contribution is -2.15. The first-order chi connectivity index (χ1) is 7.97. The molecule has 1 aromatic carbocycles. The summed E-state index contributed by atoms with van der Waals surface area (Å²) in [6, 6.07) is 7.87. The van der Waals surface area contributed by atoms with Crippen molar-refractivity contribution in [3.8, 4) is 0 Å². The lowest BCUT2D eigenvalue weighted by molar-refractivity contribution is 0.204. The minimum absolute atomic E-state index is 0.150. The maximum absolute atomic E-state index is 5.86. The first-order valence-corrected chi connectivity index (χ1v) is 9.35. The van der Waals surface area contributed by atoms with Crippen LogP contribution in [0.3, 0.4) is 0 Å². The van der Waals surface area contributed by atoms with Gasteiger partial charge in [-0.05, 0) is 30.0 Å². The van der Waals surface area contributed by atoms with E-state index < -0.39 is 6.13 Å². The molecule has 0 spiro atoms. The van der Waals surface area contributed by atoms with Crippen molar-refractivity contribution in [3.05, 3.63) is 34.9 Å². The topological polar surface area (TPSA) is 9.23 Å².